The summed E-state index contributed by atoms with van der Waals surface area (Å²) in [6, 6.07) is 3.75. The number of rotatable bonds is 4. The van der Waals surface area contributed by atoms with Crippen LogP contribution in [0, 0.1) is 0 Å². The number of carboxylic acids is 1. The van der Waals surface area contributed by atoms with Crippen molar-refractivity contribution in [2.24, 2.45) is 0 Å². The lowest BCUT2D eigenvalue weighted by molar-refractivity contribution is 0.0697. The maximum atomic E-state index is 11.4. The van der Waals surface area contributed by atoms with Crippen LogP contribution in [-0.4, -0.2) is 16.1 Å². The predicted molar refractivity (Wildman–Crippen MR) is 82.6 cm³/mol. The highest BCUT2D eigenvalue weighted by atomic mass is 79.9. The van der Waals surface area contributed by atoms with Crippen molar-refractivity contribution in [3.8, 4) is 0 Å². The van der Waals surface area contributed by atoms with Gasteiger partial charge in [-0.15, -0.1) is 11.3 Å². The van der Waals surface area contributed by atoms with Crippen molar-refractivity contribution in [1.82, 2.24) is 4.98 Å². The van der Waals surface area contributed by atoms with E-state index in [1.807, 2.05) is 11.4 Å². The van der Waals surface area contributed by atoms with Gasteiger partial charge >= 0.3 is 5.97 Å². The first-order valence-corrected chi connectivity index (χ1v) is 8.04. The van der Waals surface area contributed by atoms with Crippen LogP contribution in [0.5, 0.6) is 0 Å². The molecule has 0 aromatic carbocycles. The van der Waals surface area contributed by atoms with Crippen LogP contribution in [0.2, 0.25) is 0 Å². The summed E-state index contributed by atoms with van der Waals surface area (Å²) in [7, 11) is 0. The minimum absolute atomic E-state index is 0.262. The Morgan fingerprint density at radius 2 is 2.35 bits per heavy atom. The normalized spacial score (nSPS) is 13.2. The number of aromatic nitrogens is 1. The van der Waals surface area contributed by atoms with Gasteiger partial charge in [-0.05, 0) is 58.3 Å². The van der Waals surface area contributed by atoms with E-state index in [-0.39, 0.29) is 5.56 Å². The fourth-order valence-corrected chi connectivity index (χ4v) is 3.82. The van der Waals surface area contributed by atoms with Crippen molar-refractivity contribution in [1.29, 1.82) is 0 Å². The SMILES string of the molecule is O=C(O)c1cc2c(nc1NCc1sccc1Br)CCC2. The van der Waals surface area contributed by atoms with Crippen LogP contribution in [0.3, 0.4) is 0 Å². The van der Waals surface area contributed by atoms with Gasteiger partial charge in [0.25, 0.3) is 0 Å². The zero-order chi connectivity index (χ0) is 14.1. The Morgan fingerprint density at radius 3 is 3.05 bits per heavy atom. The molecule has 0 spiro atoms. The van der Waals surface area contributed by atoms with Crippen LogP contribution >= 0.6 is 27.3 Å². The number of nitrogens with one attached hydrogen (secondary N) is 1. The summed E-state index contributed by atoms with van der Waals surface area (Å²) in [5.74, 6) is -0.460. The van der Waals surface area contributed by atoms with E-state index in [1.165, 1.54) is 0 Å². The molecule has 0 atom stereocenters. The van der Waals surface area contributed by atoms with Gasteiger partial charge in [0.1, 0.15) is 11.4 Å². The zero-order valence-electron chi connectivity index (χ0n) is 10.6. The highest BCUT2D eigenvalue weighted by Gasteiger charge is 2.19. The van der Waals surface area contributed by atoms with E-state index in [1.54, 1.807) is 17.4 Å². The summed E-state index contributed by atoms with van der Waals surface area (Å²) in [6.07, 6.45) is 2.92. The molecule has 1 aliphatic rings. The second kappa shape index (κ2) is 5.54. The Labute approximate surface area is 129 Å². The largest absolute Gasteiger partial charge is 0.478 e. The summed E-state index contributed by atoms with van der Waals surface area (Å²) in [4.78, 5) is 17.0. The Hall–Kier alpha value is -1.40. The number of pyridine rings is 1. The molecule has 0 bridgehead atoms. The Balaban J connectivity index is 1.88. The predicted octanol–water partition coefficient (Wildman–Crippen LogP) is 3.70. The van der Waals surface area contributed by atoms with E-state index in [2.05, 4.69) is 26.2 Å². The highest BCUT2D eigenvalue weighted by Crippen LogP contribution is 2.27. The number of hydrogen-bond acceptors (Lipinski definition) is 4. The van der Waals surface area contributed by atoms with E-state index >= 15 is 0 Å². The second-order valence-corrected chi connectivity index (χ2v) is 6.55. The standard InChI is InChI=1S/C14H13BrN2O2S/c15-10-4-5-20-12(10)7-16-13-9(14(18)19)6-8-2-1-3-11(8)17-13/h4-6H,1-3,7H2,(H,16,17)(H,18,19). The third-order valence-corrected chi connectivity index (χ3v) is 5.31. The Morgan fingerprint density at radius 1 is 1.50 bits per heavy atom. The van der Waals surface area contributed by atoms with Crippen molar-refractivity contribution in [3.05, 3.63) is 43.7 Å². The molecule has 0 saturated carbocycles. The first-order valence-electron chi connectivity index (χ1n) is 6.37. The molecule has 20 heavy (non-hydrogen) atoms. The molecule has 2 aromatic heterocycles. The number of carbonyl (C=O) groups is 1. The molecule has 0 radical (unpaired) electrons. The Bertz CT molecular complexity index is 669. The summed E-state index contributed by atoms with van der Waals surface area (Å²) in [5.41, 5.74) is 2.37. The quantitative estimate of drug-likeness (QED) is 0.880. The Kier molecular flexibility index (Phi) is 3.76. The minimum atomic E-state index is -0.931. The van der Waals surface area contributed by atoms with E-state index in [4.69, 9.17) is 0 Å². The summed E-state index contributed by atoms with van der Waals surface area (Å²) >= 11 is 5.09. The zero-order valence-corrected chi connectivity index (χ0v) is 13.1. The lowest BCUT2D eigenvalue weighted by Gasteiger charge is -2.10. The van der Waals surface area contributed by atoms with Gasteiger partial charge in [0.15, 0.2) is 0 Å². The first-order chi connectivity index (χ1) is 9.65. The highest BCUT2D eigenvalue weighted by molar-refractivity contribution is 9.10. The van der Waals surface area contributed by atoms with E-state index in [9.17, 15) is 9.90 Å². The first kappa shape index (κ1) is 13.6. The monoisotopic (exact) mass is 352 g/mol. The number of halogens is 1. The van der Waals surface area contributed by atoms with Gasteiger partial charge in [0.05, 0.1) is 6.54 Å². The second-order valence-electron chi connectivity index (χ2n) is 4.69. The van der Waals surface area contributed by atoms with E-state index in [0.29, 0.717) is 12.4 Å². The molecule has 6 heteroatoms. The van der Waals surface area contributed by atoms with Crippen LogP contribution in [0.15, 0.2) is 22.0 Å². The number of nitrogens with zero attached hydrogens (tertiary/aromatic N) is 1. The maximum absolute atomic E-state index is 11.4. The summed E-state index contributed by atoms with van der Waals surface area (Å²) in [5, 5.41) is 14.5. The number of thiophene rings is 1. The third-order valence-electron chi connectivity index (χ3n) is 3.39. The average molecular weight is 353 g/mol. The molecule has 2 heterocycles. The molecule has 0 amide bonds. The van der Waals surface area contributed by atoms with Crippen LogP contribution in [0.25, 0.3) is 0 Å². The van der Waals surface area contributed by atoms with Gasteiger partial charge in [-0.1, -0.05) is 0 Å². The molecule has 0 aliphatic heterocycles. The van der Waals surface area contributed by atoms with Crippen molar-refractivity contribution in [3.63, 3.8) is 0 Å². The maximum Gasteiger partial charge on any atom is 0.339 e. The third kappa shape index (κ3) is 2.58. The molecular weight excluding hydrogens is 340 g/mol. The fourth-order valence-electron chi connectivity index (χ4n) is 2.39. The molecule has 0 fully saturated rings. The molecule has 0 unspecified atom stereocenters. The molecule has 104 valence electrons. The molecule has 0 saturated heterocycles. The van der Waals surface area contributed by atoms with Crippen LogP contribution in [0.1, 0.15) is 32.9 Å². The smallest absolute Gasteiger partial charge is 0.339 e. The molecular formula is C14H13BrN2O2S. The van der Waals surface area contributed by atoms with Gasteiger partial charge in [-0.2, -0.15) is 0 Å². The number of carboxylic acid groups (broad SMARTS) is 1. The van der Waals surface area contributed by atoms with Crippen LogP contribution < -0.4 is 5.32 Å². The molecule has 2 aromatic rings. The van der Waals surface area contributed by atoms with Crippen molar-refractivity contribution >= 4 is 39.1 Å². The molecule has 2 N–H and O–H groups in total. The van der Waals surface area contributed by atoms with Gasteiger partial charge in [-0.25, -0.2) is 9.78 Å². The number of fused-ring (bicyclic) bond motifs is 1. The fraction of sp³-hybridized carbons (Fsp3) is 0.286. The van der Waals surface area contributed by atoms with Crippen molar-refractivity contribution < 1.29 is 9.90 Å². The van der Waals surface area contributed by atoms with Crippen molar-refractivity contribution in [2.45, 2.75) is 25.8 Å². The number of aryl methyl sites for hydroxylation is 2. The topological polar surface area (TPSA) is 62.2 Å². The van der Waals surface area contributed by atoms with Crippen LogP contribution in [0.4, 0.5) is 5.82 Å². The van der Waals surface area contributed by atoms with Gasteiger partial charge < -0.3 is 10.4 Å². The lowest BCUT2D eigenvalue weighted by Crippen LogP contribution is -2.10. The number of aromatic carboxylic acids is 1. The lowest BCUT2D eigenvalue weighted by atomic mass is 10.1. The number of hydrogen-bond donors (Lipinski definition) is 2. The minimum Gasteiger partial charge on any atom is -0.478 e. The van der Waals surface area contributed by atoms with Crippen molar-refractivity contribution in [2.75, 3.05) is 5.32 Å². The number of anilines is 1. The summed E-state index contributed by atoms with van der Waals surface area (Å²) in [6.45, 7) is 0.574. The van der Waals surface area contributed by atoms with Crippen LogP contribution in [-0.2, 0) is 19.4 Å². The molecule has 4 nitrogen and oxygen atoms in total. The van der Waals surface area contributed by atoms with Gasteiger partial charge in [0, 0.05) is 15.0 Å². The van der Waals surface area contributed by atoms with Gasteiger partial charge in [0.2, 0.25) is 0 Å². The van der Waals surface area contributed by atoms with Gasteiger partial charge in [-0.3, -0.25) is 0 Å². The molecule has 1 aliphatic carbocycles. The summed E-state index contributed by atoms with van der Waals surface area (Å²) < 4.78 is 1.04. The van der Waals surface area contributed by atoms with E-state index < -0.39 is 5.97 Å². The van der Waals surface area contributed by atoms with E-state index in [0.717, 1.165) is 39.9 Å². The molecule has 3 rings (SSSR count). The average Bonchev–Trinajstić information content (AvgIpc) is 3.03.